The maximum absolute atomic E-state index is 13.8. The van der Waals surface area contributed by atoms with Crippen LogP contribution < -0.4 is 11.1 Å². The van der Waals surface area contributed by atoms with Crippen LogP contribution in [0, 0.1) is 18.6 Å². The molecule has 0 aliphatic carbocycles. The molecule has 0 radical (unpaired) electrons. The molecule has 0 atom stereocenters. The minimum absolute atomic E-state index is 0.132. The SMILES string of the molecule is Cc1ccc(Nc2c(F)cc(F)cc2Br)c(C(N)=S)c1. The number of benzene rings is 2. The van der Waals surface area contributed by atoms with Crippen molar-refractivity contribution < 1.29 is 8.78 Å². The molecule has 0 heterocycles. The van der Waals surface area contributed by atoms with Crippen molar-refractivity contribution in [1.82, 2.24) is 0 Å². The highest BCUT2D eigenvalue weighted by molar-refractivity contribution is 9.10. The van der Waals surface area contributed by atoms with E-state index in [0.717, 1.165) is 11.6 Å². The topological polar surface area (TPSA) is 38.0 Å². The highest BCUT2D eigenvalue weighted by Gasteiger charge is 2.12. The number of thiocarbonyl (C=S) groups is 1. The lowest BCUT2D eigenvalue weighted by atomic mass is 10.1. The van der Waals surface area contributed by atoms with Crippen molar-refractivity contribution >= 4 is 44.5 Å². The van der Waals surface area contributed by atoms with Crippen LogP contribution in [0.15, 0.2) is 34.8 Å². The summed E-state index contributed by atoms with van der Waals surface area (Å²) in [4.78, 5) is 0.204. The molecular weight excluding hydrogens is 346 g/mol. The Labute approximate surface area is 129 Å². The van der Waals surface area contributed by atoms with E-state index in [1.165, 1.54) is 6.07 Å². The van der Waals surface area contributed by atoms with E-state index in [0.29, 0.717) is 11.3 Å². The number of rotatable bonds is 3. The van der Waals surface area contributed by atoms with E-state index >= 15 is 0 Å². The lowest BCUT2D eigenvalue weighted by Crippen LogP contribution is -2.12. The molecule has 6 heteroatoms. The fraction of sp³-hybridized carbons (Fsp3) is 0.0714. The third-order valence-corrected chi connectivity index (χ3v) is 3.55. The Balaban J connectivity index is 2.48. The van der Waals surface area contributed by atoms with Gasteiger partial charge in [-0.05, 0) is 41.1 Å². The van der Waals surface area contributed by atoms with Crippen LogP contribution in [0.2, 0.25) is 0 Å². The van der Waals surface area contributed by atoms with Crippen LogP contribution in [0.25, 0.3) is 0 Å². The molecule has 0 aromatic heterocycles. The van der Waals surface area contributed by atoms with Gasteiger partial charge >= 0.3 is 0 Å². The Kier molecular flexibility index (Phi) is 4.35. The Bertz CT molecular complexity index is 666. The molecule has 0 spiro atoms. The maximum Gasteiger partial charge on any atom is 0.150 e. The molecule has 0 aliphatic heterocycles. The van der Waals surface area contributed by atoms with Crippen LogP contribution in [0.5, 0.6) is 0 Å². The van der Waals surface area contributed by atoms with Crippen molar-refractivity contribution in [2.75, 3.05) is 5.32 Å². The van der Waals surface area contributed by atoms with Crippen molar-refractivity contribution in [3.8, 4) is 0 Å². The Morgan fingerprint density at radius 1 is 1.25 bits per heavy atom. The van der Waals surface area contributed by atoms with Crippen LogP contribution in [-0.2, 0) is 0 Å². The molecule has 0 bridgehead atoms. The Hall–Kier alpha value is -1.53. The normalized spacial score (nSPS) is 10.4. The van der Waals surface area contributed by atoms with E-state index in [2.05, 4.69) is 21.2 Å². The van der Waals surface area contributed by atoms with Crippen molar-refractivity contribution in [3.05, 3.63) is 57.6 Å². The van der Waals surface area contributed by atoms with Gasteiger partial charge < -0.3 is 11.1 Å². The molecule has 104 valence electrons. The summed E-state index contributed by atoms with van der Waals surface area (Å²) in [6.45, 7) is 1.90. The lowest BCUT2D eigenvalue weighted by molar-refractivity contribution is 0.584. The number of nitrogens with two attached hydrogens (primary N) is 1. The van der Waals surface area contributed by atoms with Gasteiger partial charge in [0, 0.05) is 21.8 Å². The highest BCUT2D eigenvalue weighted by Crippen LogP contribution is 2.31. The minimum Gasteiger partial charge on any atom is -0.389 e. The Morgan fingerprint density at radius 2 is 1.95 bits per heavy atom. The zero-order chi connectivity index (χ0) is 14.9. The molecule has 0 aliphatic rings. The number of aryl methyl sites for hydroxylation is 1. The molecule has 0 saturated heterocycles. The Morgan fingerprint density at radius 3 is 2.55 bits per heavy atom. The quantitative estimate of drug-likeness (QED) is 0.799. The van der Waals surface area contributed by atoms with Gasteiger partial charge in [0.2, 0.25) is 0 Å². The predicted molar refractivity (Wildman–Crippen MR) is 84.4 cm³/mol. The van der Waals surface area contributed by atoms with E-state index in [1.54, 1.807) is 12.1 Å². The lowest BCUT2D eigenvalue weighted by Gasteiger charge is -2.14. The van der Waals surface area contributed by atoms with Gasteiger partial charge in [-0.3, -0.25) is 0 Å². The van der Waals surface area contributed by atoms with Gasteiger partial charge in [-0.2, -0.15) is 0 Å². The summed E-state index contributed by atoms with van der Waals surface area (Å²) < 4.78 is 27.2. The first-order chi connectivity index (χ1) is 9.38. The summed E-state index contributed by atoms with van der Waals surface area (Å²) >= 11 is 8.11. The largest absolute Gasteiger partial charge is 0.389 e. The molecule has 0 fully saturated rings. The van der Waals surface area contributed by atoms with Crippen molar-refractivity contribution in [2.45, 2.75) is 6.92 Å². The van der Waals surface area contributed by atoms with E-state index in [9.17, 15) is 8.78 Å². The molecule has 0 unspecified atom stereocenters. The summed E-state index contributed by atoms with van der Waals surface area (Å²) in [5, 5.41) is 2.89. The number of hydrogen-bond donors (Lipinski definition) is 2. The predicted octanol–water partition coefficient (Wildman–Crippen LogP) is 4.41. The second-order valence-electron chi connectivity index (χ2n) is 4.28. The van der Waals surface area contributed by atoms with Crippen molar-refractivity contribution in [1.29, 1.82) is 0 Å². The number of nitrogens with one attached hydrogen (secondary N) is 1. The summed E-state index contributed by atoms with van der Waals surface area (Å²) in [6, 6.07) is 7.39. The van der Waals surface area contributed by atoms with Crippen LogP contribution in [0.1, 0.15) is 11.1 Å². The fourth-order valence-electron chi connectivity index (χ4n) is 1.77. The van der Waals surface area contributed by atoms with Gasteiger partial charge in [-0.15, -0.1) is 0 Å². The second-order valence-corrected chi connectivity index (χ2v) is 5.58. The van der Waals surface area contributed by atoms with Crippen LogP contribution in [0.3, 0.4) is 0 Å². The molecule has 2 nitrogen and oxygen atoms in total. The summed E-state index contributed by atoms with van der Waals surface area (Å²) in [6.07, 6.45) is 0. The van der Waals surface area contributed by atoms with E-state index in [1.807, 2.05) is 13.0 Å². The highest BCUT2D eigenvalue weighted by atomic mass is 79.9. The zero-order valence-corrected chi connectivity index (χ0v) is 12.9. The summed E-state index contributed by atoms with van der Waals surface area (Å²) in [7, 11) is 0. The average molecular weight is 357 g/mol. The zero-order valence-electron chi connectivity index (χ0n) is 10.5. The summed E-state index contributed by atoms with van der Waals surface area (Å²) in [5.74, 6) is -1.36. The number of hydrogen-bond acceptors (Lipinski definition) is 2. The van der Waals surface area contributed by atoms with Crippen LogP contribution >= 0.6 is 28.1 Å². The van der Waals surface area contributed by atoms with Gasteiger partial charge in [-0.1, -0.05) is 23.8 Å². The molecular formula is C14H11BrF2N2S. The third-order valence-electron chi connectivity index (χ3n) is 2.71. The number of halogens is 3. The van der Waals surface area contributed by atoms with Gasteiger partial charge in [0.1, 0.15) is 10.8 Å². The molecule has 2 aromatic rings. The first-order valence-corrected chi connectivity index (χ1v) is 6.90. The first kappa shape index (κ1) is 14.9. The van der Waals surface area contributed by atoms with Gasteiger partial charge in [0.25, 0.3) is 0 Å². The fourth-order valence-corrected chi connectivity index (χ4v) is 2.44. The van der Waals surface area contributed by atoms with Gasteiger partial charge in [-0.25, -0.2) is 8.78 Å². The number of anilines is 2. The smallest absolute Gasteiger partial charge is 0.150 e. The van der Waals surface area contributed by atoms with Crippen molar-refractivity contribution in [3.63, 3.8) is 0 Å². The molecule has 0 amide bonds. The minimum atomic E-state index is -0.702. The molecule has 3 N–H and O–H groups in total. The third kappa shape index (κ3) is 3.13. The van der Waals surface area contributed by atoms with Crippen LogP contribution in [-0.4, -0.2) is 4.99 Å². The van der Waals surface area contributed by atoms with E-state index < -0.39 is 11.6 Å². The molecule has 20 heavy (non-hydrogen) atoms. The van der Waals surface area contributed by atoms with E-state index in [-0.39, 0.29) is 15.1 Å². The second kappa shape index (κ2) is 5.85. The standard InChI is InChI=1S/C14H11BrF2N2S/c1-7-2-3-12(9(4-7)14(18)20)19-13-10(15)5-8(16)6-11(13)17/h2-6,19H,1H3,(H2,18,20). The maximum atomic E-state index is 13.8. The molecule has 0 saturated carbocycles. The first-order valence-electron chi connectivity index (χ1n) is 5.70. The van der Waals surface area contributed by atoms with Gasteiger partial charge in [0.15, 0.2) is 5.82 Å². The summed E-state index contributed by atoms with van der Waals surface area (Å²) in [5.41, 5.74) is 7.95. The van der Waals surface area contributed by atoms with Gasteiger partial charge in [0.05, 0.1) is 5.69 Å². The molecule has 2 aromatic carbocycles. The van der Waals surface area contributed by atoms with Crippen LogP contribution in [0.4, 0.5) is 20.2 Å². The van der Waals surface area contributed by atoms with Crippen molar-refractivity contribution in [2.24, 2.45) is 5.73 Å². The van der Waals surface area contributed by atoms with E-state index in [4.69, 9.17) is 18.0 Å². The monoisotopic (exact) mass is 356 g/mol. The average Bonchev–Trinajstić information content (AvgIpc) is 2.34. The molecule has 2 rings (SSSR count).